The van der Waals surface area contributed by atoms with Gasteiger partial charge in [0.05, 0.1) is 18.2 Å². The van der Waals surface area contributed by atoms with Crippen LogP contribution < -0.4 is 4.90 Å². The maximum absolute atomic E-state index is 9.43. The van der Waals surface area contributed by atoms with Crippen LogP contribution in [0.25, 0.3) is 0 Å². The maximum Gasteiger partial charge on any atom is 0.128 e. The average Bonchev–Trinajstić information content (AvgIpc) is 2.74. The molecule has 0 bridgehead atoms. The van der Waals surface area contributed by atoms with E-state index in [2.05, 4.69) is 16.8 Å². The first kappa shape index (κ1) is 12.3. The van der Waals surface area contributed by atoms with Gasteiger partial charge in [-0.25, -0.2) is 4.98 Å². The molecule has 1 aliphatic rings. The second kappa shape index (κ2) is 5.02. The number of hydrogen-bond acceptors (Lipinski definition) is 4. The van der Waals surface area contributed by atoms with E-state index >= 15 is 0 Å². The molecule has 1 fully saturated rings. The van der Waals surface area contributed by atoms with Crippen LogP contribution in [0.3, 0.4) is 0 Å². The third kappa shape index (κ3) is 2.58. The molecular formula is C13H20N2O2. The van der Waals surface area contributed by atoms with Crippen molar-refractivity contribution in [2.45, 2.75) is 38.5 Å². The minimum Gasteiger partial charge on any atom is -0.389 e. The van der Waals surface area contributed by atoms with Gasteiger partial charge in [-0.15, -0.1) is 0 Å². The highest BCUT2D eigenvalue weighted by molar-refractivity contribution is 5.40. The highest BCUT2D eigenvalue weighted by Crippen LogP contribution is 2.23. The number of aromatic nitrogens is 1. The van der Waals surface area contributed by atoms with Gasteiger partial charge >= 0.3 is 0 Å². The second-order valence-corrected chi connectivity index (χ2v) is 4.67. The number of aliphatic hydroxyl groups excluding tert-OH is 1. The lowest BCUT2D eigenvalue weighted by atomic mass is 10.1. The van der Waals surface area contributed by atoms with E-state index in [4.69, 9.17) is 4.74 Å². The molecule has 0 amide bonds. The van der Waals surface area contributed by atoms with Gasteiger partial charge in [-0.1, -0.05) is 6.07 Å². The number of likely N-dealkylation sites (N-methyl/N-ethyl adjacent to an activating group) is 1. The molecule has 2 heterocycles. The predicted molar refractivity (Wildman–Crippen MR) is 67.1 cm³/mol. The molecule has 94 valence electrons. The number of anilines is 1. The summed E-state index contributed by atoms with van der Waals surface area (Å²) < 4.78 is 5.56. The van der Waals surface area contributed by atoms with Gasteiger partial charge in [0.2, 0.25) is 0 Å². The summed E-state index contributed by atoms with van der Waals surface area (Å²) in [5.41, 5.74) is 0.845. The van der Waals surface area contributed by atoms with Crippen molar-refractivity contribution in [3.63, 3.8) is 0 Å². The van der Waals surface area contributed by atoms with E-state index in [1.807, 2.05) is 19.2 Å². The Balaban J connectivity index is 2.11. The number of pyridine rings is 1. The second-order valence-electron chi connectivity index (χ2n) is 4.67. The maximum atomic E-state index is 9.43. The molecule has 2 rings (SSSR count). The molecule has 2 unspecified atom stereocenters. The van der Waals surface area contributed by atoms with Gasteiger partial charge in [-0.05, 0) is 31.9 Å². The first-order chi connectivity index (χ1) is 8.09. The Morgan fingerprint density at radius 2 is 2.29 bits per heavy atom. The summed E-state index contributed by atoms with van der Waals surface area (Å²) in [4.78, 5) is 6.55. The van der Waals surface area contributed by atoms with Gasteiger partial charge in [0.15, 0.2) is 0 Å². The summed E-state index contributed by atoms with van der Waals surface area (Å²) in [7, 11) is 2.04. The molecule has 1 saturated heterocycles. The Kier molecular flexibility index (Phi) is 3.64. The zero-order valence-corrected chi connectivity index (χ0v) is 10.6. The summed E-state index contributed by atoms with van der Waals surface area (Å²) in [5.74, 6) is 0.928. The molecule has 3 atom stereocenters. The van der Waals surface area contributed by atoms with Crippen LogP contribution in [0.1, 0.15) is 31.9 Å². The van der Waals surface area contributed by atoms with Gasteiger partial charge in [0, 0.05) is 19.9 Å². The molecule has 4 heteroatoms. The first-order valence-corrected chi connectivity index (χ1v) is 6.08. The van der Waals surface area contributed by atoms with Crippen LogP contribution in [0.15, 0.2) is 18.3 Å². The smallest absolute Gasteiger partial charge is 0.128 e. The van der Waals surface area contributed by atoms with Crippen molar-refractivity contribution < 1.29 is 9.84 Å². The average molecular weight is 236 g/mol. The van der Waals surface area contributed by atoms with Crippen molar-refractivity contribution in [3.05, 3.63) is 23.9 Å². The number of rotatable bonds is 3. The van der Waals surface area contributed by atoms with E-state index < -0.39 is 6.10 Å². The molecule has 0 aliphatic carbocycles. The van der Waals surface area contributed by atoms with Gasteiger partial charge in [0.25, 0.3) is 0 Å². The van der Waals surface area contributed by atoms with E-state index in [9.17, 15) is 5.11 Å². The lowest BCUT2D eigenvalue weighted by molar-refractivity contribution is 0.118. The van der Waals surface area contributed by atoms with Crippen molar-refractivity contribution in [1.82, 2.24) is 4.98 Å². The Morgan fingerprint density at radius 3 is 2.76 bits per heavy atom. The van der Waals surface area contributed by atoms with E-state index in [0.717, 1.165) is 24.4 Å². The van der Waals surface area contributed by atoms with Crippen molar-refractivity contribution in [1.29, 1.82) is 0 Å². The first-order valence-electron chi connectivity index (χ1n) is 6.08. The fourth-order valence-corrected chi connectivity index (χ4v) is 2.25. The third-order valence-corrected chi connectivity index (χ3v) is 3.45. The highest BCUT2D eigenvalue weighted by Gasteiger charge is 2.28. The summed E-state index contributed by atoms with van der Waals surface area (Å²) in [6, 6.07) is 4.26. The summed E-state index contributed by atoms with van der Waals surface area (Å²) in [6.07, 6.45) is 2.56. The van der Waals surface area contributed by atoms with Crippen LogP contribution >= 0.6 is 0 Å². The molecule has 17 heavy (non-hydrogen) atoms. The zero-order chi connectivity index (χ0) is 12.4. The summed E-state index contributed by atoms with van der Waals surface area (Å²) >= 11 is 0. The summed E-state index contributed by atoms with van der Waals surface area (Å²) in [5, 5.41) is 9.43. The van der Waals surface area contributed by atoms with Gasteiger partial charge in [-0.3, -0.25) is 0 Å². The molecule has 0 radical (unpaired) electrons. The van der Waals surface area contributed by atoms with Crippen LogP contribution in [0.2, 0.25) is 0 Å². The molecule has 1 aliphatic heterocycles. The molecule has 4 nitrogen and oxygen atoms in total. The van der Waals surface area contributed by atoms with E-state index in [0.29, 0.717) is 6.04 Å². The Hall–Kier alpha value is -1.13. The molecular weight excluding hydrogens is 216 g/mol. The standard InChI is InChI=1S/C13H20N2O2/c1-9(16)11-4-5-13(14-8-11)15(3)12-6-7-17-10(12)2/h4-5,8-10,12,16H,6-7H2,1-3H3/t9-,10?,12?/m1/s1. The molecule has 0 spiro atoms. The molecule has 0 saturated carbocycles. The highest BCUT2D eigenvalue weighted by atomic mass is 16.5. The van der Waals surface area contributed by atoms with E-state index in [1.54, 1.807) is 13.1 Å². The van der Waals surface area contributed by atoms with Gasteiger partial charge in [-0.2, -0.15) is 0 Å². The summed E-state index contributed by atoms with van der Waals surface area (Å²) in [6.45, 7) is 4.66. The molecule has 1 aromatic rings. The third-order valence-electron chi connectivity index (χ3n) is 3.45. The van der Waals surface area contributed by atoms with Crippen molar-refractivity contribution in [3.8, 4) is 0 Å². The van der Waals surface area contributed by atoms with Gasteiger partial charge < -0.3 is 14.7 Å². The van der Waals surface area contributed by atoms with Crippen molar-refractivity contribution >= 4 is 5.82 Å². The normalized spacial score (nSPS) is 25.9. The van der Waals surface area contributed by atoms with Crippen molar-refractivity contribution in [2.24, 2.45) is 0 Å². The van der Waals surface area contributed by atoms with E-state index in [1.165, 1.54) is 0 Å². The largest absolute Gasteiger partial charge is 0.389 e. The fraction of sp³-hybridized carbons (Fsp3) is 0.615. The lowest BCUT2D eigenvalue weighted by Gasteiger charge is -2.27. The van der Waals surface area contributed by atoms with Crippen LogP contribution in [0.5, 0.6) is 0 Å². The van der Waals surface area contributed by atoms with Crippen LogP contribution in [-0.4, -0.2) is 35.9 Å². The quantitative estimate of drug-likeness (QED) is 0.868. The Labute approximate surface area is 102 Å². The van der Waals surface area contributed by atoms with Crippen molar-refractivity contribution in [2.75, 3.05) is 18.6 Å². The SMILES string of the molecule is CC1OCCC1N(C)c1ccc([C@@H](C)O)cn1. The van der Waals surface area contributed by atoms with Crippen LogP contribution in [-0.2, 0) is 4.74 Å². The molecule has 1 aromatic heterocycles. The lowest BCUT2D eigenvalue weighted by Crippen LogP contribution is -2.37. The van der Waals surface area contributed by atoms with Crippen LogP contribution in [0, 0.1) is 0 Å². The fourth-order valence-electron chi connectivity index (χ4n) is 2.25. The Morgan fingerprint density at radius 1 is 1.53 bits per heavy atom. The zero-order valence-electron chi connectivity index (χ0n) is 10.6. The topological polar surface area (TPSA) is 45.6 Å². The minimum atomic E-state index is -0.462. The number of nitrogens with zero attached hydrogens (tertiary/aromatic N) is 2. The number of ether oxygens (including phenoxy) is 1. The number of aliphatic hydroxyl groups is 1. The van der Waals surface area contributed by atoms with E-state index in [-0.39, 0.29) is 6.10 Å². The number of hydrogen-bond donors (Lipinski definition) is 1. The predicted octanol–water partition coefficient (Wildman–Crippen LogP) is 1.75. The molecule has 0 aromatic carbocycles. The monoisotopic (exact) mass is 236 g/mol. The van der Waals surface area contributed by atoms with Crippen LogP contribution in [0.4, 0.5) is 5.82 Å². The molecule has 1 N–H and O–H groups in total. The van der Waals surface area contributed by atoms with Gasteiger partial charge in [0.1, 0.15) is 5.82 Å². The minimum absolute atomic E-state index is 0.248. The Bertz CT molecular complexity index is 364.